The highest BCUT2D eigenvalue weighted by Crippen LogP contribution is 2.21. The van der Waals surface area contributed by atoms with E-state index in [0.29, 0.717) is 19.3 Å². The van der Waals surface area contributed by atoms with Gasteiger partial charge >= 0.3 is 5.97 Å². The van der Waals surface area contributed by atoms with Crippen LogP contribution in [0, 0.1) is 0 Å². The first-order valence-electron chi connectivity index (χ1n) is 4.93. The van der Waals surface area contributed by atoms with Crippen LogP contribution in [0.3, 0.4) is 0 Å². The minimum atomic E-state index is -2.09. The fourth-order valence-electron chi connectivity index (χ4n) is 1.32. The monoisotopic (exact) mass is 299 g/mol. The Labute approximate surface area is 101 Å². The molecule has 3 unspecified atom stereocenters. The number of alkyl halides is 1. The van der Waals surface area contributed by atoms with Crippen molar-refractivity contribution < 1.29 is 18.7 Å². The van der Waals surface area contributed by atoms with Crippen molar-refractivity contribution in [3.05, 3.63) is 0 Å². The minimum absolute atomic E-state index is 0.0897. The average molecular weight is 300 g/mol. The molecule has 0 radical (unpaired) electrons. The number of carbonyl (C=O) groups is 1. The van der Waals surface area contributed by atoms with Gasteiger partial charge in [0, 0.05) is 16.5 Å². The summed E-state index contributed by atoms with van der Waals surface area (Å²) in [5.41, 5.74) is 0. The lowest BCUT2D eigenvalue weighted by Gasteiger charge is -2.24. The van der Waals surface area contributed by atoms with E-state index in [9.17, 15) is 13.6 Å². The van der Waals surface area contributed by atoms with E-state index < -0.39 is 22.3 Å². The highest BCUT2D eigenvalue weighted by Gasteiger charge is 2.18. The molecule has 0 aliphatic rings. The van der Waals surface area contributed by atoms with Gasteiger partial charge in [-0.1, -0.05) is 40.4 Å². The molecule has 0 saturated carbocycles. The minimum Gasteiger partial charge on any atom is -0.772 e. The third kappa shape index (κ3) is 7.03. The Balaban J connectivity index is 3.96. The first-order chi connectivity index (χ1) is 6.99. The second-order valence-corrected chi connectivity index (χ2v) is 5.69. The van der Waals surface area contributed by atoms with Crippen molar-refractivity contribution in [2.75, 3.05) is 0 Å². The van der Waals surface area contributed by atoms with Gasteiger partial charge in [0.1, 0.15) is 0 Å². The molecule has 4 nitrogen and oxygen atoms in total. The standard InChI is InChI=1S/C9H17BrO4S/c1-2-4-8(15(13)14)7(10)5-3-6-9(11)12/h7-8H,2-6H2,1H3,(H,11,12)(H,13,14)/p-1. The van der Waals surface area contributed by atoms with Gasteiger partial charge in [-0.25, -0.2) is 0 Å². The molecule has 0 heterocycles. The molecular weight excluding hydrogens is 284 g/mol. The van der Waals surface area contributed by atoms with E-state index in [1.54, 1.807) is 0 Å². The van der Waals surface area contributed by atoms with Crippen LogP contribution >= 0.6 is 15.9 Å². The van der Waals surface area contributed by atoms with Crippen LogP contribution in [0.1, 0.15) is 39.0 Å². The highest BCUT2D eigenvalue weighted by molar-refractivity contribution is 9.09. The van der Waals surface area contributed by atoms with Gasteiger partial charge in [0.25, 0.3) is 0 Å². The number of aliphatic carboxylic acids is 1. The first-order valence-corrected chi connectivity index (χ1v) is 6.98. The molecule has 15 heavy (non-hydrogen) atoms. The second kappa shape index (κ2) is 8.24. The van der Waals surface area contributed by atoms with Crippen LogP contribution in [-0.4, -0.2) is 29.9 Å². The van der Waals surface area contributed by atoms with E-state index in [2.05, 4.69) is 15.9 Å². The van der Waals surface area contributed by atoms with Gasteiger partial charge in [-0.15, -0.1) is 0 Å². The molecule has 0 aliphatic heterocycles. The van der Waals surface area contributed by atoms with E-state index in [1.807, 2.05) is 6.92 Å². The zero-order chi connectivity index (χ0) is 11.8. The normalized spacial score (nSPS) is 17.0. The lowest BCUT2D eigenvalue weighted by atomic mass is 10.1. The summed E-state index contributed by atoms with van der Waals surface area (Å²) in [6, 6.07) is 0. The molecule has 0 saturated heterocycles. The highest BCUT2D eigenvalue weighted by atomic mass is 79.9. The van der Waals surface area contributed by atoms with Gasteiger partial charge in [0.05, 0.1) is 0 Å². The Hall–Kier alpha value is 0.0600. The van der Waals surface area contributed by atoms with Crippen LogP contribution < -0.4 is 0 Å². The quantitative estimate of drug-likeness (QED) is 0.550. The third-order valence-corrected chi connectivity index (χ3v) is 4.60. The zero-order valence-corrected chi connectivity index (χ0v) is 11.1. The number of hydrogen-bond donors (Lipinski definition) is 1. The maximum atomic E-state index is 10.9. The van der Waals surface area contributed by atoms with Gasteiger partial charge in [-0.05, 0) is 19.3 Å². The summed E-state index contributed by atoms with van der Waals surface area (Å²) in [5, 5.41) is 8.03. The van der Waals surface area contributed by atoms with Crippen molar-refractivity contribution in [1.82, 2.24) is 0 Å². The van der Waals surface area contributed by atoms with Gasteiger partial charge in [-0.3, -0.25) is 9.00 Å². The van der Waals surface area contributed by atoms with E-state index in [0.717, 1.165) is 6.42 Å². The number of rotatable bonds is 8. The predicted octanol–water partition coefficient (Wildman–Crippen LogP) is 2.05. The maximum Gasteiger partial charge on any atom is 0.303 e. The molecule has 0 rings (SSSR count). The molecule has 6 heteroatoms. The average Bonchev–Trinajstić information content (AvgIpc) is 2.12. The van der Waals surface area contributed by atoms with Crippen molar-refractivity contribution in [3.8, 4) is 0 Å². The molecular formula is C9H16BrO4S-. The van der Waals surface area contributed by atoms with Crippen molar-refractivity contribution in [2.45, 2.75) is 49.1 Å². The van der Waals surface area contributed by atoms with Crippen molar-refractivity contribution in [3.63, 3.8) is 0 Å². The molecule has 0 aromatic carbocycles. The summed E-state index contributed by atoms with van der Waals surface area (Å²) in [7, 11) is 0. The molecule has 0 aromatic rings. The van der Waals surface area contributed by atoms with Gasteiger partial charge in [0.2, 0.25) is 0 Å². The fourth-order valence-corrected chi connectivity index (χ4v) is 3.24. The number of halogens is 1. The van der Waals surface area contributed by atoms with Crippen molar-refractivity contribution in [2.24, 2.45) is 0 Å². The van der Waals surface area contributed by atoms with Crippen LogP contribution in [0.5, 0.6) is 0 Å². The molecule has 0 amide bonds. The summed E-state index contributed by atoms with van der Waals surface area (Å²) in [6.07, 6.45) is 2.58. The Kier molecular flexibility index (Phi) is 8.27. The molecule has 0 fully saturated rings. The van der Waals surface area contributed by atoms with E-state index in [4.69, 9.17) is 5.11 Å². The van der Waals surface area contributed by atoms with E-state index >= 15 is 0 Å². The Bertz CT molecular complexity index is 222. The van der Waals surface area contributed by atoms with Crippen LogP contribution in [0.25, 0.3) is 0 Å². The molecule has 0 spiro atoms. The smallest absolute Gasteiger partial charge is 0.303 e. The topological polar surface area (TPSA) is 77.4 Å². The predicted molar refractivity (Wildman–Crippen MR) is 61.8 cm³/mol. The van der Waals surface area contributed by atoms with Gasteiger partial charge in [0.15, 0.2) is 0 Å². The molecule has 3 atom stereocenters. The fraction of sp³-hybridized carbons (Fsp3) is 0.889. The Morgan fingerprint density at radius 2 is 2.13 bits per heavy atom. The maximum absolute atomic E-state index is 10.9. The van der Waals surface area contributed by atoms with Crippen LogP contribution in [0.4, 0.5) is 0 Å². The summed E-state index contributed by atoms with van der Waals surface area (Å²) < 4.78 is 21.8. The molecule has 0 aromatic heterocycles. The molecule has 1 N–H and O–H groups in total. The zero-order valence-electron chi connectivity index (χ0n) is 8.65. The third-order valence-electron chi connectivity index (χ3n) is 2.09. The number of hydrogen-bond acceptors (Lipinski definition) is 3. The first kappa shape index (κ1) is 15.1. The van der Waals surface area contributed by atoms with Crippen LogP contribution in [0.15, 0.2) is 0 Å². The molecule has 90 valence electrons. The largest absolute Gasteiger partial charge is 0.772 e. The SMILES string of the molecule is CCCC(C(Br)CCCC(=O)O)S(=O)[O-]. The van der Waals surface area contributed by atoms with E-state index in [1.165, 1.54) is 0 Å². The van der Waals surface area contributed by atoms with Gasteiger partial charge in [-0.2, -0.15) is 0 Å². The van der Waals surface area contributed by atoms with Gasteiger partial charge < -0.3 is 9.66 Å². The Morgan fingerprint density at radius 1 is 1.53 bits per heavy atom. The van der Waals surface area contributed by atoms with Crippen molar-refractivity contribution in [1.29, 1.82) is 0 Å². The van der Waals surface area contributed by atoms with E-state index in [-0.39, 0.29) is 11.2 Å². The van der Waals surface area contributed by atoms with Crippen LogP contribution in [-0.2, 0) is 15.9 Å². The molecule has 0 aliphatic carbocycles. The summed E-state index contributed by atoms with van der Waals surface area (Å²) >= 11 is 1.22. The Morgan fingerprint density at radius 3 is 2.53 bits per heavy atom. The lowest BCUT2D eigenvalue weighted by molar-refractivity contribution is -0.137. The summed E-state index contributed by atoms with van der Waals surface area (Å²) in [5.74, 6) is -0.843. The lowest BCUT2D eigenvalue weighted by Crippen LogP contribution is -2.25. The second-order valence-electron chi connectivity index (χ2n) is 3.39. The molecule has 0 bridgehead atoms. The number of carboxylic acids is 1. The summed E-state index contributed by atoms with van der Waals surface area (Å²) in [6.45, 7) is 1.93. The summed E-state index contributed by atoms with van der Waals surface area (Å²) in [4.78, 5) is 10.1. The van der Waals surface area contributed by atoms with Crippen LogP contribution in [0.2, 0.25) is 0 Å². The van der Waals surface area contributed by atoms with Crippen molar-refractivity contribution >= 4 is 33.0 Å². The number of carboxylic acid groups (broad SMARTS) is 1.